The van der Waals surface area contributed by atoms with Crippen molar-refractivity contribution in [1.82, 2.24) is 14.8 Å². The molecule has 0 radical (unpaired) electrons. The lowest BCUT2D eigenvalue weighted by Crippen LogP contribution is -2.29. The fraction of sp³-hybridized carbons (Fsp3) is 0.429. The van der Waals surface area contributed by atoms with Crippen LogP contribution in [-0.4, -0.2) is 43.7 Å². The van der Waals surface area contributed by atoms with Crippen molar-refractivity contribution in [3.63, 3.8) is 0 Å². The predicted octanol–water partition coefficient (Wildman–Crippen LogP) is 3.83. The van der Waals surface area contributed by atoms with Gasteiger partial charge in [-0.2, -0.15) is 5.10 Å². The molecule has 36 heavy (non-hydrogen) atoms. The summed E-state index contributed by atoms with van der Waals surface area (Å²) in [5.74, 6) is -0.402. The zero-order valence-electron chi connectivity index (χ0n) is 20.8. The first kappa shape index (κ1) is 24.2. The first-order valence-corrected chi connectivity index (χ1v) is 12.6. The van der Waals surface area contributed by atoms with Crippen LogP contribution in [0.5, 0.6) is 0 Å². The number of carbonyl (C=O) groups excluding carboxylic acids is 2. The molecule has 0 aliphatic heterocycles. The maximum Gasteiger partial charge on any atom is 0.250 e. The van der Waals surface area contributed by atoms with E-state index in [1.807, 2.05) is 35.0 Å². The molecule has 0 saturated heterocycles. The smallest absolute Gasteiger partial charge is 0.250 e. The third-order valence-electron chi connectivity index (χ3n) is 7.26. The maximum atomic E-state index is 13.3. The lowest BCUT2D eigenvalue weighted by molar-refractivity contribution is 0.0909. The molecule has 2 heterocycles. The highest BCUT2D eigenvalue weighted by molar-refractivity contribution is 6.00. The van der Waals surface area contributed by atoms with Gasteiger partial charge in [-0.3, -0.25) is 14.6 Å². The second-order valence-electron chi connectivity index (χ2n) is 10.9. The van der Waals surface area contributed by atoms with Gasteiger partial charge in [0.2, 0.25) is 0 Å². The summed E-state index contributed by atoms with van der Waals surface area (Å²) in [6, 6.07) is 11.3. The number of fused-ring (bicyclic) bond motifs is 1. The number of benzene rings is 1. The van der Waals surface area contributed by atoms with Gasteiger partial charge in [0.25, 0.3) is 5.91 Å². The Labute approximate surface area is 210 Å². The van der Waals surface area contributed by atoms with Gasteiger partial charge in [-0.15, -0.1) is 0 Å². The normalized spacial score (nSPS) is 21.1. The zero-order valence-corrected chi connectivity index (χ0v) is 20.8. The van der Waals surface area contributed by atoms with E-state index in [1.165, 1.54) is 0 Å². The van der Waals surface area contributed by atoms with Crippen LogP contribution in [0.2, 0.25) is 0 Å². The monoisotopic (exact) mass is 487 g/mol. The number of rotatable bonds is 6. The average molecular weight is 488 g/mol. The molecule has 0 unspecified atom stereocenters. The van der Waals surface area contributed by atoms with Crippen LogP contribution in [0.15, 0.2) is 42.6 Å². The molecule has 0 atom stereocenters. The Bertz CT molecular complexity index is 1290. The summed E-state index contributed by atoms with van der Waals surface area (Å²) in [6.07, 6.45) is 6.22. The van der Waals surface area contributed by atoms with Crippen LogP contribution in [-0.2, 0) is 12.8 Å². The van der Waals surface area contributed by atoms with Crippen LogP contribution in [0.3, 0.4) is 0 Å². The van der Waals surface area contributed by atoms with Gasteiger partial charge in [0.15, 0.2) is 5.78 Å². The Morgan fingerprint density at radius 2 is 1.94 bits per heavy atom. The molecule has 2 aliphatic carbocycles. The quantitative estimate of drug-likeness (QED) is 0.486. The first-order valence-electron chi connectivity index (χ1n) is 12.6. The Hall–Kier alpha value is -3.52. The standard InChI is InChI=1S/C28H33N5O3/c1-28(2)15-24-26(25(35)16-28)23(13-18-5-3-4-12-30-18)32-33(24)19-8-11-21(27(29)36)22(14-19)31-17-6-9-20(34)10-7-17/h3-5,8,11-12,14,17,20,31,34H,6-7,9-10,13,15-16H2,1-2H3,(H2,29,36). The molecule has 5 rings (SSSR count). The molecule has 188 valence electrons. The average Bonchev–Trinajstić information content (AvgIpc) is 3.18. The second kappa shape index (κ2) is 9.50. The second-order valence-corrected chi connectivity index (χ2v) is 10.9. The Morgan fingerprint density at radius 3 is 2.64 bits per heavy atom. The molecule has 1 saturated carbocycles. The summed E-state index contributed by atoms with van der Waals surface area (Å²) in [5.41, 5.74) is 10.5. The van der Waals surface area contributed by atoms with Crippen molar-refractivity contribution in [2.45, 2.75) is 70.9 Å². The minimum Gasteiger partial charge on any atom is -0.393 e. The highest BCUT2D eigenvalue weighted by atomic mass is 16.3. The summed E-state index contributed by atoms with van der Waals surface area (Å²) >= 11 is 0. The fourth-order valence-corrected chi connectivity index (χ4v) is 5.48. The summed E-state index contributed by atoms with van der Waals surface area (Å²) in [7, 11) is 0. The zero-order chi connectivity index (χ0) is 25.4. The van der Waals surface area contributed by atoms with E-state index in [2.05, 4.69) is 24.1 Å². The number of nitrogens with one attached hydrogen (secondary N) is 1. The van der Waals surface area contributed by atoms with E-state index < -0.39 is 5.91 Å². The molecule has 8 heteroatoms. The van der Waals surface area contributed by atoms with Gasteiger partial charge in [-0.25, -0.2) is 4.68 Å². The van der Waals surface area contributed by atoms with Crippen molar-refractivity contribution in [3.05, 3.63) is 70.8 Å². The van der Waals surface area contributed by atoms with E-state index in [4.69, 9.17) is 10.8 Å². The topological polar surface area (TPSA) is 123 Å². The van der Waals surface area contributed by atoms with Crippen molar-refractivity contribution in [3.8, 4) is 5.69 Å². The van der Waals surface area contributed by atoms with E-state index in [0.717, 1.165) is 48.5 Å². The molecule has 1 aromatic carbocycles. The van der Waals surface area contributed by atoms with E-state index in [1.54, 1.807) is 12.3 Å². The van der Waals surface area contributed by atoms with E-state index in [9.17, 15) is 14.7 Å². The molecular weight excluding hydrogens is 454 g/mol. The van der Waals surface area contributed by atoms with Gasteiger partial charge in [-0.05, 0) is 67.9 Å². The van der Waals surface area contributed by atoms with Crippen molar-refractivity contribution in [2.24, 2.45) is 11.1 Å². The highest BCUT2D eigenvalue weighted by Gasteiger charge is 2.37. The first-order chi connectivity index (χ1) is 17.2. The Morgan fingerprint density at radius 1 is 1.17 bits per heavy atom. The number of nitrogens with two attached hydrogens (primary N) is 1. The number of hydrogen-bond donors (Lipinski definition) is 3. The van der Waals surface area contributed by atoms with E-state index in [-0.39, 0.29) is 23.3 Å². The van der Waals surface area contributed by atoms with Gasteiger partial charge < -0.3 is 16.2 Å². The largest absolute Gasteiger partial charge is 0.393 e. The fourth-order valence-electron chi connectivity index (χ4n) is 5.48. The number of aromatic nitrogens is 3. The number of amides is 1. The van der Waals surface area contributed by atoms with Crippen LogP contribution in [0.25, 0.3) is 5.69 Å². The minimum absolute atomic E-state index is 0.103. The number of hydrogen-bond acceptors (Lipinski definition) is 6. The molecule has 0 bridgehead atoms. The van der Waals surface area contributed by atoms with Crippen LogP contribution in [0.1, 0.15) is 83.7 Å². The number of aliphatic hydroxyl groups excluding tert-OH is 1. The van der Waals surface area contributed by atoms with Crippen molar-refractivity contribution in [1.29, 1.82) is 0 Å². The summed E-state index contributed by atoms with van der Waals surface area (Å²) < 4.78 is 1.85. The van der Waals surface area contributed by atoms with Crippen LogP contribution in [0.4, 0.5) is 5.69 Å². The predicted molar refractivity (Wildman–Crippen MR) is 137 cm³/mol. The molecule has 1 fully saturated rings. The lowest BCUT2D eigenvalue weighted by Gasteiger charge is -2.29. The van der Waals surface area contributed by atoms with Crippen LogP contribution >= 0.6 is 0 Å². The van der Waals surface area contributed by atoms with Crippen molar-refractivity contribution >= 4 is 17.4 Å². The van der Waals surface area contributed by atoms with Gasteiger partial charge >= 0.3 is 0 Å². The Balaban J connectivity index is 1.57. The molecule has 2 aromatic heterocycles. The van der Waals surface area contributed by atoms with Gasteiger partial charge in [0.05, 0.1) is 34.3 Å². The number of nitrogens with zero attached hydrogens (tertiary/aromatic N) is 3. The van der Waals surface area contributed by atoms with Crippen LogP contribution in [0, 0.1) is 5.41 Å². The van der Waals surface area contributed by atoms with Gasteiger partial charge in [-0.1, -0.05) is 19.9 Å². The van der Waals surface area contributed by atoms with Crippen LogP contribution < -0.4 is 11.1 Å². The number of pyridine rings is 1. The third kappa shape index (κ3) is 4.91. The molecule has 1 amide bonds. The number of ketones is 1. The molecule has 4 N–H and O–H groups in total. The number of Topliss-reactive ketones (excluding diaryl/α,β-unsaturated/α-hetero) is 1. The molecule has 0 spiro atoms. The molecule has 3 aromatic rings. The van der Waals surface area contributed by atoms with Crippen molar-refractivity contribution in [2.75, 3.05) is 5.32 Å². The Kier molecular flexibility index (Phi) is 6.38. The molecule has 2 aliphatic rings. The summed E-state index contributed by atoms with van der Waals surface area (Å²) in [4.78, 5) is 29.9. The third-order valence-corrected chi connectivity index (χ3v) is 7.26. The van der Waals surface area contributed by atoms with Gasteiger partial charge in [0, 0.05) is 36.5 Å². The molecular formula is C28H33N5O3. The maximum absolute atomic E-state index is 13.3. The lowest BCUT2D eigenvalue weighted by atomic mass is 9.75. The van der Waals surface area contributed by atoms with Crippen molar-refractivity contribution < 1.29 is 14.7 Å². The summed E-state index contributed by atoms with van der Waals surface area (Å²) in [5, 5.41) is 18.3. The van der Waals surface area contributed by atoms with Gasteiger partial charge in [0.1, 0.15) is 0 Å². The minimum atomic E-state index is -0.505. The summed E-state index contributed by atoms with van der Waals surface area (Å²) in [6.45, 7) is 4.20. The molecule has 8 nitrogen and oxygen atoms in total. The number of carbonyl (C=O) groups is 2. The number of primary amides is 1. The number of aliphatic hydroxyl groups is 1. The van der Waals surface area contributed by atoms with E-state index >= 15 is 0 Å². The SMILES string of the molecule is CC1(C)CC(=O)c2c(Cc3ccccn3)nn(-c3ccc(C(N)=O)c(NC4CCC(O)CC4)c3)c2C1. The van der Waals surface area contributed by atoms with E-state index in [0.29, 0.717) is 36.1 Å². The number of anilines is 1. The highest BCUT2D eigenvalue weighted by Crippen LogP contribution is 2.38.